The van der Waals surface area contributed by atoms with Crippen molar-refractivity contribution in [2.45, 2.75) is 0 Å². The van der Waals surface area contributed by atoms with E-state index in [1.165, 1.54) is 0 Å². The largest absolute Gasteiger partial charge is 0.397 e. The van der Waals surface area contributed by atoms with Gasteiger partial charge in [0.2, 0.25) is 0 Å². The highest BCUT2D eigenvalue weighted by Gasteiger charge is 1.93. The molecule has 0 aliphatic heterocycles. The fourth-order valence-corrected chi connectivity index (χ4v) is 0. The average Bonchev–Trinajstić information content (AvgIpc) is 1.35. The monoisotopic (exact) mass is 123 g/mol. The van der Waals surface area contributed by atoms with Gasteiger partial charge in [0.1, 0.15) is 0 Å². The van der Waals surface area contributed by atoms with Gasteiger partial charge in [0.15, 0.2) is 0 Å². The molecule has 0 heterocycles. The molecule has 0 aliphatic rings. The summed E-state index contributed by atoms with van der Waals surface area (Å²) in [5.74, 6) is 0. The predicted molar refractivity (Wildman–Crippen MR) is 24.3 cm³/mol. The summed E-state index contributed by atoms with van der Waals surface area (Å²) in [5.41, 5.74) is 0. The third kappa shape index (κ3) is 10.7. The Bertz CT molecular complexity index is 114. The summed E-state index contributed by atoms with van der Waals surface area (Å²) in [5, 5.41) is 0. The van der Waals surface area contributed by atoms with E-state index in [4.69, 9.17) is 4.55 Å². The maximum atomic E-state index is 9.33. The minimum absolute atomic E-state index is 0. The molecule has 0 aliphatic carbocycles. The van der Waals surface area contributed by atoms with Gasteiger partial charge < -0.3 is 0 Å². The molecule has 1 N–H and O–H groups in total. The van der Waals surface area contributed by atoms with Gasteiger partial charge in [-0.2, -0.15) is 8.42 Å². The first-order chi connectivity index (χ1) is 2.56. The first kappa shape index (κ1) is 10.0. The highest BCUT2D eigenvalue weighted by Crippen LogP contribution is 1.74. The number of rotatable bonds is 1. The van der Waals surface area contributed by atoms with Gasteiger partial charge in [0.25, 0.3) is 0 Å². The van der Waals surface area contributed by atoms with Gasteiger partial charge in [0.05, 0.1) is 7.11 Å². The summed E-state index contributed by atoms with van der Waals surface area (Å²) < 4.78 is 29.7. The fourth-order valence-electron chi connectivity index (χ4n) is 0. The van der Waals surface area contributed by atoms with Gasteiger partial charge in [-0.05, 0) is 0 Å². The topological polar surface area (TPSA) is 63.6 Å². The summed E-state index contributed by atoms with van der Waals surface area (Å²) in [6, 6.07) is 0. The lowest BCUT2D eigenvalue weighted by Gasteiger charge is -1.82. The van der Waals surface area contributed by atoms with E-state index in [9.17, 15) is 8.42 Å². The normalized spacial score (nSPS) is 10.0. The smallest absolute Gasteiger partial charge is 0.264 e. The van der Waals surface area contributed by atoms with Crippen LogP contribution in [0.2, 0.25) is 0 Å². The molecule has 0 fully saturated rings. The van der Waals surface area contributed by atoms with Crippen LogP contribution in [0.3, 0.4) is 0 Å². The summed E-state index contributed by atoms with van der Waals surface area (Å²) in [4.78, 5) is 0. The molecule has 0 unspecified atom stereocenters. The lowest BCUT2D eigenvalue weighted by molar-refractivity contribution is 0.324. The van der Waals surface area contributed by atoms with E-state index < -0.39 is 10.4 Å². The summed E-state index contributed by atoms with van der Waals surface area (Å²) in [6.45, 7) is 0. The lowest BCUT2D eigenvalue weighted by atomic mass is 10.8. The van der Waals surface area contributed by atoms with Crippen LogP contribution in [0.15, 0.2) is 0 Å². The summed E-state index contributed by atoms with van der Waals surface area (Å²) in [7, 11) is -3.29. The second kappa shape index (κ2) is 3.01. The van der Waals surface area contributed by atoms with E-state index >= 15 is 0 Å². The molecule has 0 amide bonds. The minimum atomic E-state index is -4.16. The SMILES string of the molecule is COS(=O)(=O)O.[B]. The van der Waals surface area contributed by atoms with Gasteiger partial charge in [-0.25, -0.2) is 0 Å². The van der Waals surface area contributed by atoms with Gasteiger partial charge >= 0.3 is 10.4 Å². The quantitative estimate of drug-likeness (QED) is 0.360. The highest BCUT2D eigenvalue weighted by molar-refractivity contribution is 7.80. The van der Waals surface area contributed by atoms with Crippen molar-refractivity contribution in [2.24, 2.45) is 0 Å². The molecular weight excluding hydrogens is 119 g/mol. The Labute approximate surface area is 44.0 Å². The molecule has 4 nitrogen and oxygen atoms in total. The Hall–Kier alpha value is -0.0651. The van der Waals surface area contributed by atoms with E-state index in [1.54, 1.807) is 0 Å². The van der Waals surface area contributed by atoms with Crippen molar-refractivity contribution in [1.29, 1.82) is 0 Å². The van der Waals surface area contributed by atoms with Crippen LogP contribution >= 0.6 is 0 Å². The van der Waals surface area contributed by atoms with Crippen molar-refractivity contribution in [2.75, 3.05) is 7.11 Å². The number of hydrogen-bond acceptors (Lipinski definition) is 3. The van der Waals surface area contributed by atoms with Gasteiger partial charge in [0, 0.05) is 8.41 Å². The minimum Gasteiger partial charge on any atom is -0.264 e. The lowest BCUT2D eigenvalue weighted by Crippen LogP contribution is -1.96. The molecule has 3 radical (unpaired) electrons. The van der Waals surface area contributed by atoms with Crippen LogP contribution in [0, 0.1) is 0 Å². The molecule has 0 saturated carbocycles. The van der Waals surface area contributed by atoms with Gasteiger partial charge in [-0.3, -0.25) is 8.74 Å². The molecule has 0 spiro atoms. The zero-order valence-corrected chi connectivity index (χ0v) is 4.47. The molecule has 0 bridgehead atoms. The van der Waals surface area contributed by atoms with E-state index in [2.05, 4.69) is 4.18 Å². The second-order valence-electron chi connectivity index (χ2n) is 0.594. The Kier molecular flexibility index (Phi) is 4.31. The molecule has 0 aromatic rings. The fraction of sp³-hybridized carbons (Fsp3) is 1.00. The van der Waals surface area contributed by atoms with Crippen molar-refractivity contribution < 1.29 is 17.2 Å². The van der Waals surface area contributed by atoms with Gasteiger partial charge in [-0.15, -0.1) is 0 Å². The molecule has 0 rings (SSSR count). The molecule has 0 saturated heterocycles. The average molecular weight is 123 g/mol. The van der Waals surface area contributed by atoms with Crippen molar-refractivity contribution >= 4 is 18.8 Å². The van der Waals surface area contributed by atoms with Crippen LogP contribution < -0.4 is 0 Å². The van der Waals surface area contributed by atoms with Gasteiger partial charge in [-0.1, -0.05) is 0 Å². The van der Waals surface area contributed by atoms with Crippen LogP contribution in [-0.2, 0) is 14.6 Å². The predicted octanol–water partition coefficient (Wildman–Crippen LogP) is -0.945. The van der Waals surface area contributed by atoms with Crippen LogP contribution in [0.4, 0.5) is 0 Å². The van der Waals surface area contributed by atoms with Crippen LogP contribution in [-0.4, -0.2) is 28.5 Å². The molecule has 41 valence electrons. The Morgan fingerprint density at radius 3 is 1.71 bits per heavy atom. The molecule has 6 heteroatoms. The molecule has 0 atom stereocenters. The Morgan fingerprint density at radius 2 is 1.71 bits per heavy atom. The zero-order chi connectivity index (χ0) is 5.21. The Balaban J connectivity index is 0. The molecule has 7 heavy (non-hydrogen) atoms. The maximum Gasteiger partial charge on any atom is 0.397 e. The number of hydrogen-bond donors (Lipinski definition) is 1. The standard InChI is InChI=1S/CH4O4S.B/c1-5-6(2,3)4;/h1H3,(H,2,3,4);. The van der Waals surface area contributed by atoms with E-state index in [1.807, 2.05) is 0 Å². The third-order valence-corrected chi connectivity index (χ3v) is 0.632. The van der Waals surface area contributed by atoms with E-state index in [-0.39, 0.29) is 8.41 Å². The van der Waals surface area contributed by atoms with E-state index in [0.717, 1.165) is 7.11 Å². The summed E-state index contributed by atoms with van der Waals surface area (Å²) in [6.07, 6.45) is 0. The van der Waals surface area contributed by atoms with Crippen molar-refractivity contribution in [3.8, 4) is 0 Å². The second-order valence-corrected chi connectivity index (χ2v) is 1.78. The van der Waals surface area contributed by atoms with Crippen molar-refractivity contribution in [1.82, 2.24) is 0 Å². The van der Waals surface area contributed by atoms with Crippen molar-refractivity contribution in [3.63, 3.8) is 0 Å². The van der Waals surface area contributed by atoms with Crippen LogP contribution in [0.1, 0.15) is 0 Å². The van der Waals surface area contributed by atoms with Crippen LogP contribution in [0.5, 0.6) is 0 Å². The third-order valence-electron chi connectivity index (χ3n) is 0.211. The molecule has 0 aromatic heterocycles. The first-order valence-electron chi connectivity index (χ1n) is 1.09. The van der Waals surface area contributed by atoms with E-state index in [0.29, 0.717) is 0 Å². The Morgan fingerprint density at radius 1 is 1.57 bits per heavy atom. The van der Waals surface area contributed by atoms with Crippen LogP contribution in [0.25, 0.3) is 0 Å². The first-order valence-corrected chi connectivity index (χ1v) is 2.46. The molecule has 0 aromatic carbocycles. The zero-order valence-electron chi connectivity index (χ0n) is 3.66. The summed E-state index contributed by atoms with van der Waals surface area (Å²) >= 11 is 0. The maximum absolute atomic E-state index is 9.33. The highest BCUT2D eigenvalue weighted by atomic mass is 32.3. The van der Waals surface area contributed by atoms with Crippen molar-refractivity contribution in [3.05, 3.63) is 0 Å². The molecular formula is CH4BO4S.